The molecule has 0 aromatic heterocycles. The monoisotopic (exact) mass is 340 g/mol. The number of carbonyl (C=O) groups excluding carboxylic acids is 1. The molecule has 0 atom stereocenters. The van der Waals surface area contributed by atoms with Crippen LogP contribution in [0, 0.1) is 5.92 Å². The Kier molecular flexibility index (Phi) is 5.56. The number of rotatable bonds is 7. The van der Waals surface area contributed by atoms with E-state index in [1.165, 1.54) is 5.56 Å². The number of benzene rings is 2. The predicted octanol–water partition coefficient (Wildman–Crippen LogP) is 2.45. The van der Waals surface area contributed by atoms with Crippen molar-refractivity contribution in [3.63, 3.8) is 0 Å². The molecule has 2 aromatic carbocycles. The molecule has 1 aliphatic heterocycles. The number of hydrogen-bond acceptors (Lipinski definition) is 4. The first-order chi connectivity index (χ1) is 12.2. The third-order valence-corrected chi connectivity index (χ3v) is 4.47. The predicted molar refractivity (Wildman–Crippen MR) is 96.6 cm³/mol. The van der Waals surface area contributed by atoms with Gasteiger partial charge in [0.2, 0.25) is 5.91 Å². The highest BCUT2D eigenvalue weighted by Crippen LogP contribution is 2.21. The number of hydrogen-bond donors (Lipinski definition) is 1. The van der Waals surface area contributed by atoms with E-state index in [-0.39, 0.29) is 11.8 Å². The lowest BCUT2D eigenvalue weighted by molar-refractivity contribution is -0.129. The van der Waals surface area contributed by atoms with Gasteiger partial charge in [-0.2, -0.15) is 0 Å². The zero-order valence-electron chi connectivity index (χ0n) is 14.7. The van der Waals surface area contributed by atoms with E-state index in [9.17, 15) is 4.79 Å². The minimum Gasteiger partial charge on any atom is -0.497 e. The summed E-state index contributed by atoms with van der Waals surface area (Å²) in [6.07, 6.45) is 0. The van der Waals surface area contributed by atoms with Gasteiger partial charge >= 0.3 is 0 Å². The third kappa shape index (κ3) is 4.51. The molecule has 0 aliphatic carbocycles. The maximum absolute atomic E-state index is 11.5. The highest BCUT2D eigenvalue weighted by Gasteiger charge is 2.31. The Balaban J connectivity index is 1.45. The Labute approximate surface area is 148 Å². The first-order valence-electron chi connectivity index (χ1n) is 8.46. The number of methoxy groups -OCH3 is 1. The molecule has 0 spiro atoms. The minimum absolute atomic E-state index is 0.136. The van der Waals surface area contributed by atoms with Crippen molar-refractivity contribution in [2.24, 2.45) is 5.92 Å². The normalized spacial score (nSPS) is 14.6. The van der Waals surface area contributed by atoms with Gasteiger partial charge in [0, 0.05) is 26.7 Å². The molecule has 1 saturated heterocycles. The van der Waals surface area contributed by atoms with Crippen LogP contribution in [0.2, 0.25) is 0 Å². The summed E-state index contributed by atoms with van der Waals surface area (Å²) in [6, 6.07) is 16.0. The van der Waals surface area contributed by atoms with Gasteiger partial charge in [-0.1, -0.05) is 24.3 Å². The Hall–Kier alpha value is -2.53. The van der Waals surface area contributed by atoms with Crippen LogP contribution in [0.4, 0.5) is 0 Å². The van der Waals surface area contributed by atoms with Gasteiger partial charge in [0.05, 0.1) is 13.0 Å². The Morgan fingerprint density at radius 3 is 2.24 bits per heavy atom. The van der Waals surface area contributed by atoms with Crippen LogP contribution in [0.15, 0.2) is 48.5 Å². The molecule has 1 amide bonds. The van der Waals surface area contributed by atoms with E-state index in [0.29, 0.717) is 6.61 Å². The standard InChI is InChI=1S/C20H24N2O3/c1-21-20(23)17-12-22(13-17)11-15-3-9-19(10-4-15)25-14-16-5-7-18(24-2)8-6-16/h3-10,17H,11-14H2,1-2H3,(H,21,23). The molecule has 1 aliphatic rings. The summed E-state index contributed by atoms with van der Waals surface area (Å²) in [5.41, 5.74) is 2.33. The first-order valence-corrected chi connectivity index (χ1v) is 8.46. The summed E-state index contributed by atoms with van der Waals surface area (Å²) < 4.78 is 11.0. The largest absolute Gasteiger partial charge is 0.497 e. The number of ether oxygens (including phenoxy) is 2. The van der Waals surface area contributed by atoms with Gasteiger partial charge in [-0.05, 0) is 35.4 Å². The van der Waals surface area contributed by atoms with Crippen molar-refractivity contribution in [1.29, 1.82) is 0 Å². The smallest absolute Gasteiger partial charge is 0.225 e. The van der Waals surface area contributed by atoms with Gasteiger partial charge in [0.25, 0.3) is 0 Å². The number of amides is 1. The highest BCUT2D eigenvalue weighted by molar-refractivity contribution is 5.79. The lowest BCUT2D eigenvalue weighted by Gasteiger charge is -2.38. The molecule has 0 unspecified atom stereocenters. The first kappa shape index (κ1) is 17.3. The summed E-state index contributed by atoms with van der Waals surface area (Å²) in [6.45, 7) is 3.06. The van der Waals surface area contributed by atoms with E-state index in [1.54, 1.807) is 14.2 Å². The molecule has 5 heteroatoms. The summed E-state index contributed by atoms with van der Waals surface area (Å²) in [7, 11) is 3.35. The van der Waals surface area contributed by atoms with Gasteiger partial charge in [0.1, 0.15) is 18.1 Å². The molecule has 25 heavy (non-hydrogen) atoms. The van der Waals surface area contributed by atoms with E-state index in [4.69, 9.17) is 9.47 Å². The Bertz CT molecular complexity index is 692. The zero-order chi connectivity index (χ0) is 17.6. The van der Waals surface area contributed by atoms with Gasteiger partial charge in [0.15, 0.2) is 0 Å². The molecule has 5 nitrogen and oxygen atoms in total. The molecule has 1 fully saturated rings. The third-order valence-electron chi connectivity index (χ3n) is 4.47. The number of carbonyl (C=O) groups is 1. The minimum atomic E-state index is 0.136. The quantitative estimate of drug-likeness (QED) is 0.841. The van der Waals surface area contributed by atoms with Crippen LogP contribution in [-0.2, 0) is 17.9 Å². The second-order valence-corrected chi connectivity index (χ2v) is 6.29. The van der Waals surface area contributed by atoms with E-state index in [0.717, 1.165) is 36.7 Å². The number of nitrogens with one attached hydrogen (secondary N) is 1. The van der Waals surface area contributed by atoms with E-state index in [2.05, 4.69) is 22.3 Å². The number of nitrogens with zero attached hydrogens (tertiary/aromatic N) is 1. The van der Waals surface area contributed by atoms with Crippen molar-refractivity contribution in [2.75, 3.05) is 27.2 Å². The zero-order valence-corrected chi connectivity index (χ0v) is 14.7. The summed E-state index contributed by atoms with van der Waals surface area (Å²) in [5, 5.41) is 2.70. The second-order valence-electron chi connectivity index (χ2n) is 6.29. The molecular weight excluding hydrogens is 316 g/mol. The molecule has 1 N–H and O–H groups in total. The lowest BCUT2D eigenvalue weighted by Crippen LogP contribution is -2.52. The topological polar surface area (TPSA) is 50.8 Å². The Morgan fingerprint density at radius 1 is 1.04 bits per heavy atom. The van der Waals surface area contributed by atoms with Crippen molar-refractivity contribution in [3.8, 4) is 11.5 Å². The fourth-order valence-corrected chi connectivity index (χ4v) is 2.91. The van der Waals surface area contributed by atoms with Crippen LogP contribution in [-0.4, -0.2) is 38.1 Å². The molecule has 1 heterocycles. The average molecular weight is 340 g/mol. The molecule has 2 aromatic rings. The summed E-state index contributed by atoms with van der Waals surface area (Å²) in [4.78, 5) is 13.8. The van der Waals surface area contributed by atoms with Crippen molar-refractivity contribution in [2.45, 2.75) is 13.2 Å². The molecule has 0 saturated carbocycles. The molecule has 132 valence electrons. The van der Waals surface area contributed by atoms with Crippen LogP contribution in [0.1, 0.15) is 11.1 Å². The van der Waals surface area contributed by atoms with E-state index >= 15 is 0 Å². The van der Waals surface area contributed by atoms with Crippen molar-refractivity contribution in [1.82, 2.24) is 10.2 Å². The van der Waals surface area contributed by atoms with E-state index < -0.39 is 0 Å². The van der Waals surface area contributed by atoms with Gasteiger partial charge in [-0.3, -0.25) is 9.69 Å². The van der Waals surface area contributed by atoms with Crippen LogP contribution >= 0.6 is 0 Å². The van der Waals surface area contributed by atoms with Gasteiger partial charge in [-0.25, -0.2) is 0 Å². The Morgan fingerprint density at radius 2 is 1.64 bits per heavy atom. The summed E-state index contributed by atoms with van der Waals surface area (Å²) in [5.74, 6) is 1.97. The molecular formula is C20H24N2O3. The molecule has 0 bridgehead atoms. The van der Waals surface area contributed by atoms with E-state index in [1.807, 2.05) is 36.4 Å². The van der Waals surface area contributed by atoms with Crippen molar-refractivity contribution in [3.05, 3.63) is 59.7 Å². The number of likely N-dealkylation sites (tertiary alicyclic amines) is 1. The van der Waals surface area contributed by atoms with Gasteiger partial charge < -0.3 is 14.8 Å². The lowest BCUT2D eigenvalue weighted by atomic mass is 9.98. The molecule has 0 radical (unpaired) electrons. The average Bonchev–Trinajstić information content (AvgIpc) is 2.63. The van der Waals surface area contributed by atoms with Gasteiger partial charge in [-0.15, -0.1) is 0 Å². The molecule has 3 rings (SSSR count). The summed E-state index contributed by atoms with van der Waals surface area (Å²) >= 11 is 0. The maximum atomic E-state index is 11.5. The van der Waals surface area contributed by atoms with Crippen LogP contribution in [0.3, 0.4) is 0 Å². The van der Waals surface area contributed by atoms with Crippen molar-refractivity contribution >= 4 is 5.91 Å². The van der Waals surface area contributed by atoms with Crippen LogP contribution in [0.25, 0.3) is 0 Å². The fourth-order valence-electron chi connectivity index (χ4n) is 2.91. The maximum Gasteiger partial charge on any atom is 0.225 e. The second kappa shape index (κ2) is 8.03. The highest BCUT2D eigenvalue weighted by atomic mass is 16.5. The SMILES string of the molecule is CNC(=O)C1CN(Cc2ccc(OCc3ccc(OC)cc3)cc2)C1. The van der Waals surface area contributed by atoms with Crippen molar-refractivity contribution < 1.29 is 14.3 Å². The fraction of sp³-hybridized carbons (Fsp3) is 0.350. The van der Waals surface area contributed by atoms with Crippen LogP contribution < -0.4 is 14.8 Å². The van der Waals surface area contributed by atoms with Crippen LogP contribution in [0.5, 0.6) is 11.5 Å².